The predicted molar refractivity (Wildman–Crippen MR) is 94.1 cm³/mol. The van der Waals surface area contributed by atoms with Gasteiger partial charge in [0.2, 0.25) is 0 Å². The van der Waals surface area contributed by atoms with E-state index in [4.69, 9.17) is 10.4 Å². The Bertz CT molecular complexity index is 980. The first kappa shape index (κ1) is 17.5. The van der Waals surface area contributed by atoms with Crippen molar-refractivity contribution in [3.8, 4) is 6.07 Å². The first-order chi connectivity index (χ1) is 11.5. The number of anilines is 1. The number of nitrogens with zero attached hydrogens (tertiary/aromatic N) is 2. The topological polar surface area (TPSA) is 95.1 Å². The number of carboxylic acid groups (broad SMARTS) is 1. The molecule has 1 aromatic carbocycles. The lowest BCUT2D eigenvalue weighted by Gasteiger charge is -2.05. The maximum atomic E-state index is 12.4. The van der Waals surface area contributed by atoms with Crippen molar-refractivity contribution >= 4 is 34.8 Å². The highest BCUT2D eigenvalue weighted by Crippen LogP contribution is 2.14. The minimum atomic E-state index is -1.34. The highest BCUT2D eigenvalue weighted by molar-refractivity contribution is 7.07. The molecule has 0 aliphatic carbocycles. The van der Waals surface area contributed by atoms with E-state index < -0.39 is 11.5 Å². The van der Waals surface area contributed by atoms with Crippen LogP contribution < -0.4 is 20.1 Å². The van der Waals surface area contributed by atoms with Crippen LogP contribution in [0.25, 0.3) is 11.8 Å². The summed E-state index contributed by atoms with van der Waals surface area (Å²) in [5.74, 6) is -1.34. The van der Waals surface area contributed by atoms with Crippen molar-refractivity contribution in [2.45, 2.75) is 26.8 Å². The molecule has 0 aliphatic rings. The van der Waals surface area contributed by atoms with Crippen molar-refractivity contribution in [3.63, 3.8) is 0 Å². The molecule has 124 valence electrons. The number of benzene rings is 1. The molecule has 1 aromatic heterocycles. The van der Waals surface area contributed by atoms with Crippen molar-refractivity contribution in [1.29, 1.82) is 5.26 Å². The zero-order chi connectivity index (χ0) is 17.7. The van der Waals surface area contributed by atoms with Gasteiger partial charge in [-0.2, -0.15) is 5.26 Å². The first-order valence-corrected chi connectivity index (χ1v) is 8.27. The van der Waals surface area contributed by atoms with E-state index in [0.29, 0.717) is 11.1 Å². The molecule has 0 aliphatic heterocycles. The number of carboxylic acids is 1. The van der Waals surface area contributed by atoms with Crippen LogP contribution in [0.3, 0.4) is 0 Å². The third-order valence-corrected chi connectivity index (χ3v) is 4.65. The number of rotatable bonds is 5. The van der Waals surface area contributed by atoms with Crippen LogP contribution in [0, 0.1) is 11.3 Å². The van der Waals surface area contributed by atoms with Gasteiger partial charge in [0.1, 0.15) is 15.3 Å². The number of aromatic nitrogens is 1. The lowest BCUT2D eigenvalue weighted by molar-refractivity contribution is -0.130. The SMILES string of the molecule is CCc1ccccc1NC=c1sc(=C(C#N)C(=O)O)n(CC)c1=O. The van der Waals surface area contributed by atoms with Gasteiger partial charge in [0.25, 0.3) is 5.56 Å². The summed E-state index contributed by atoms with van der Waals surface area (Å²) in [5, 5.41) is 21.3. The van der Waals surface area contributed by atoms with E-state index in [1.54, 1.807) is 19.2 Å². The number of carbonyl (C=O) groups is 1. The molecule has 0 unspecified atom stereocenters. The number of nitrogens with one attached hydrogen (secondary N) is 1. The van der Waals surface area contributed by atoms with Gasteiger partial charge in [-0.25, -0.2) is 4.79 Å². The molecular formula is C17H17N3O3S. The average molecular weight is 343 g/mol. The van der Waals surface area contributed by atoms with Crippen LogP contribution in [0.1, 0.15) is 19.4 Å². The molecule has 2 rings (SSSR count). The second-order valence-electron chi connectivity index (χ2n) is 4.91. The van der Waals surface area contributed by atoms with Gasteiger partial charge in [-0.15, -0.1) is 11.3 Å². The zero-order valence-corrected chi connectivity index (χ0v) is 14.2. The number of aryl methyl sites for hydroxylation is 1. The summed E-state index contributed by atoms with van der Waals surface area (Å²) in [4.78, 5) is 23.6. The summed E-state index contributed by atoms with van der Waals surface area (Å²) >= 11 is 0.996. The van der Waals surface area contributed by atoms with E-state index in [1.165, 1.54) is 4.57 Å². The van der Waals surface area contributed by atoms with Crippen molar-refractivity contribution in [1.82, 2.24) is 4.57 Å². The van der Waals surface area contributed by atoms with Gasteiger partial charge < -0.3 is 10.4 Å². The van der Waals surface area contributed by atoms with Crippen molar-refractivity contribution < 1.29 is 9.90 Å². The summed E-state index contributed by atoms with van der Waals surface area (Å²) in [6.07, 6.45) is 2.41. The normalized spacial score (nSPS) is 12.6. The highest BCUT2D eigenvalue weighted by atomic mass is 32.1. The number of hydrogen-bond acceptors (Lipinski definition) is 5. The molecule has 7 heteroatoms. The highest BCUT2D eigenvalue weighted by Gasteiger charge is 2.13. The molecule has 2 N–H and O–H groups in total. The lowest BCUT2D eigenvalue weighted by Crippen LogP contribution is -2.32. The first-order valence-electron chi connectivity index (χ1n) is 7.45. The molecule has 2 aromatic rings. The Labute approximate surface area is 142 Å². The third kappa shape index (κ3) is 3.39. The van der Waals surface area contributed by atoms with Gasteiger partial charge in [-0.05, 0) is 25.0 Å². The van der Waals surface area contributed by atoms with Crippen molar-refractivity contribution in [3.05, 3.63) is 49.4 Å². The number of nitriles is 1. The smallest absolute Gasteiger partial charge is 0.349 e. The van der Waals surface area contributed by atoms with Crippen LogP contribution in [0.5, 0.6) is 0 Å². The average Bonchev–Trinajstić information content (AvgIpc) is 2.89. The number of aliphatic carboxylic acids is 1. The molecule has 0 bridgehead atoms. The second kappa shape index (κ2) is 7.62. The zero-order valence-electron chi connectivity index (χ0n) is 13.4. The Hall–Kier alpha value is -2.85. The van der Waals surface area contributed by atoms with E-state index in [-0.39, 0.29) is 10.2 Å². The van der Waals surface area contributed by atoms with Crippen LogP contribution in [-0.2, 0) is 17.8 Å². The Balaban J connectivity index is 2.61. The molecule has 0 amide bonds. The molecule has 0 spiro atoms. The van der Waals surface area contributed by atoms with Crippen LogP contribution in [0.2, 0.25) is 0 Å². The fraction of sp³-hybridized carbons (Fsp3) is 0.235. The number of thiazole rings is 1. The van der Waals surface area contributed by atoms with Gasteiger partial charge in [-0.3, -0.25) is 9.36 Å². The van der Waals surface area contributed by atoms with E-state index >= 15 is 0 Å². The van der Waals surface area contributed by atoms with Gasteiger partial charge in [0.15, 0.2) is 5.57 Å². The molecule has 0 atom stereocenters. The minimum absolute atomic E-state index is 0.161. The van der Waals surface area contributed by atoms with Gasteiger partial charge in [-0.1, -0.05) is 25.1 Å². The standard InChI is InChI=1S/C17H17N3O3S/c1-3-11-7-5-6-8-13(11)19-10-14-15(21)20(4-2)16(24-14)12(9-18)17(22)23/h5-8,10,19H,3-4H2,1-2H3,(H,22,23). The van der Waals surface area contributed by atoms with Crippen molar-refractivity contribution in [2.75, 3.05) is 5.32 Å². The quantitative estimate of drug-likeness (QED) is 0.848. The Morgan fingerprint density at radius 1 is 1.42 bits per heavy atom. The molecule has 0 saturated carbocycles. The van der Waals surface area contributed by atoms with E-state index in [1.807, 2.05) is 31.2 Å². The molecule has 0 saturated heterocycles. The largest absolute Gasteiger partial charge is 0.477 e. The van der Waals surface area contributed by atoms with Crippen LogP contribution in [0.15, 0.2) is 29.1 Å². The lowest BCUT2D eigenvalue weighted by atomic mass is 10.1. The second-order valence-corrected chi connectivity index (χ2v) is 5.94. The maximum absolute atomic E-state index is 12.4. The molecule has 0 radical (unpaired) electrons. The summed E-state index contributed by atoms with van der Waals surface area (Å²) in [6, 6.07) is 9.40. The third-order valence-electron chi connectivity index (χ3n) is 3.52. The number of para-hydroxylation sites is 1. The van der Waals surface area contributed by atoms with Crippen LogP contribution in [0.4, 0.5) is 5.69 Å². The fourth-order valence-corrected chi connectivity index (χ4v) is 3.37. The fourth-order valence-electron chi connectivity index (χ4n) is 2.29. The van der Waals surface area contributed by atoms with Gasteiger partial charge in [0, 0.05) is 18.4 Å². The summed E-state index contributed by atoms with van der Waals surface area (Å²) in [6.45, 7) is 4.06. The summed E-state index contributed by atoms with van der Waals surface area (Å²) in [7, 11) is 0. The molecule has 0 fully saturated rings. The van der Waals surface area contributed by atoms with Crippen LogP contribution >= 0.6 is 11.3 Å². The summed E-state index contributed by atoms with van der Waals surface area (Å²) in [5.41, 5.74) is 1.26. The molecule has 6 nitrogen and oxygen atoms in total. The van der Waals surface area contributed by atoms with Crippen LogP contribution in [-0.4, -0.2) is 15.6 Å². The Kier molecular flexibility index (Phi) is 5.55. The predicted octanol–water partition coefficient (Wildman–Crippen LogP) is 1.10. The monoisotopic (exact) mass is 343 g/mol. The Morgan fingerprint density at radius 3 is 2.71 bits per heavy atom. The minimum Gasteiger partial charge on any atom is -0.477 e. The molecular weight excluding hydrogens is 326 g/mol. The van der Waals surface area contributed by atoms with Crippen molar-refractivity contribution in [2.24, 2.45) is 0 Å². The summed E-state index contributed by atoms with van der Waals surface area (Å²) < 4.78 is 1.82. The van der Waals surface area contributed by atoms with E-state index in [2.05, 4.69) is 5.32 Å². The Morgan fingerprint density at radius 2 is 2.12 bits per heavy atom. The van der Waals surface area contributed by atoms with E-state index in [0.717, 1.165) is 29.0 Å². The van der Waals surface area contributed by atoms with Gasteiger partial charge in [0.05, 0.1) is 0 Å². The molecule has 24 heavy (non-hydrogen) atoms. The molecule has 1 heterocycles. The van der Waals surface area contributed by atoms with Gasteiger partial charge >= 0.3 is 5.97 Å². The number of hydrogen-bond donors (Lipinski definition) is 2. The van der Waals surface area contributed by atoms with E-state index in [9.17, 15) is 9.59 Å². The maximum Gasteiger partial charge on any atom is 0.349 e.